The number of amides is 1. The number of carbonyl (C=O) groups excluding carboxylic acids is 1. The zero-order valence-corrected chi connectivity index (χ0v) is 15.8. The summed E-state index contributed by atoms with van der Waals surface area (Å²) in [6, 6.07) is 1.79. The number of nitrogens with zero attached hydrogens (tertiary/aromatic N) is 1. The maximum absolute atomic E-state index is 12.7. The lowest BCUT2D eigenvalue weighted by molar-refractivity contribution is 0.0937. The lowest BCUT2D eigenvalue weighted by atomic mass is 10.1. The molecule has 0 spiro atoms. The van der Waals surface area contributed by atoms with Crippen molar-refractivity contribution in [3.8, 4) is 0 Å². The number of aryl methyl sites for hydroxylation is 1. The molecule has 7 heteroatoms. The van der Waals surface area contributed by atoms with E-state index >= 15 is 0 Å². The van der Waals surface area contributed by atoms with Crippen molar-refractivity contribution in [3.05, 3.63) is 15.8 Å². The number of thiophene rings is 1. The first-order valence-corrected chi connectivity index (χ1v) is 11.2. The monoisotopic (exact) mass is 370 g/mol. The van der Waals surface area contributed by atoms with Crippen LogP contribution >= 0.6 is 11.3 Å². The van der Waals surface area contributed by atoms with Crippen molar-refractivity contribution in [2.75, 3.05) is 13.1 Å². The van der Waals surface area contributed by atoms with E-state index in [-0.39, 0.29) is 11.9 Å². The molecule has 5 nitrogen and oxygen atoms in total. The van der Waals surface area contributed by atoms with Crippen LogP contribution in [-0.2, 0) is 10.0 Å². The van der Waals surface area contributed by atoms with Gasteiger partial charge in [0.2, 0.25) is 10.0 Å². The van der Waals surface area contributed by atoms with Crippen LogP contribution in [0.5, 0.6) is 0 Å². The molecule has 2 aliphatic rings. The Morgan fingerprint density at radius 3 is 2.38 bits per heavy atom. The highest BCUT2D eigenvalue weighted by Crippen LogP contribution is 2.30. The summed E-state index contributed by atoms with van der Waals surface area (Å²) in [5.41, 5.74) is 0. The summed E-state index contributed by atoms with van der Waals surface area (Å²) in [6.45, 7) is 2.96. The molecule has 0 aromatic carbocycles. The van der Waals surface area contributed by atoms with Gasteiger partial charge in [-0.15, -0.1) is 11.3 Å². The fraction of sp³-hybridized carbons (Fsp3) is 0.706. The molecule has 1 N–H and O–H groups in total. The Kier molecular flexibility index (Phi) is 5.62. The lowest BCUT2D eigenvalue weighted by Crippen LogP contribution is -2.34. The molecular weight excluding hydrogens is 344 g/mol. The third-order valence-electron chi connectivity index (χ3n) is 4.97. The van der Waals surface area contributed by atoms with Crippen molar-refractivity contribution in [3.63, 3.8) is 0 Å². The standard InChI is InChI=1S/C17H26N2O3S2/c1-13-16(24(21,22)19-10-6-7-11-19)12-15(23-13)17(20)18-14-8-4-2-3-5-9-14/h12,14H,2-11H2,1H3,(H,18,20). The molecule has 3 rings (SSSR count). The second-order valence-corrected chi connectivity index (χ2v) is 9.97. The highest BCUT2D eigenvalue weighted by Gasteiger charge is 2.31. The lowest BCUT2D eigenvalue weighted by Gasteiger charge is -2.15. The first-order valence-electron chi connectivity index (χ1n) is 8.90. The van der Waals surface area contributed by atoms with E-state index in [0.717, 1.165) is 38.5 Å². The molecule has 24 heavy (non-hydrogen) atoms. The molecule has 0 bridgehead atoms. The van der Waals surface area contributed by atoms with Crippen LogP contribution in [-0.4, -0.2) is 37.8 Å². The largest absolute Gasteiger partial charge is 0.349 e. The summed E-state index contributed by atoms with van der Waals surface area (Å²) in [5.74, 6) is -0.127. The quantitative estimate of drug-likeness (QED) is 0.827. The molecule has 1 saturated heterocycles. The normalized spacial score (nSPS) is 20.9. The average molecular weight is 371 g/mol. The molecule has 2 fully saturated rings. The Morgan fingerprint density at radius 1 is 1.12 bits per heavy atom. The van der Waals surface area contributed by atoms with Crippen molar-refractivity contribution in [2.24, 2.45) is 0 Å². The van der Waals surface area contributed by atoms with Crippen molar-refractivity contribution in [2.45, 2.75) is 69.2 Å². The van der Waals surface area contributed by atoms with Gasteiger partial charge in [0.05, 0.1) is 9.77 Å². The van der Waals surface area contributed by atoms with Gasteiger partial charge in [-0.25, -0.2) is 8.42 Å². The zero-order valence-electron chi connectivity index (χ0n) is 14.2. The first kappa shape index (κ1) is 17.9. The van der Waals surface area contributed by atoms with Crippen molar-refractivity contribution >= 4 is 27.3 Å². The van der Waals surface area contributed by atoms with Gasteiger partial charge in [0.25, 0.3) is 5.91 Å². The van der Waals surface area contributed by atoms with E-state index in [1.54, 1.807) is 13.0 Å². The molecular formula is C17H26N2O3S2. The smallest absolute Gasteiger partial charge is 0.261 e. The topological polar surface area (TPSA) is 66.5 Å². The molecule has 1 aliphatic heterocycles. The van der Waals surface area contributed by atoms with Gasteiger partial charge in [0.15, 0.2) is 0 Å². The minimum Gasteiger partial charge on any atom is -0.349 e. The molecule has 1 aromatic heterocycles. The van der Waals surface area contributed by atoms with Crippen LogP contribution in [0.1, 0.15) is 65.9 Å². The number of rotatable bonds is 4. The predicted molar refractivity (Wildman–Crippen MR) is 96.0 cm³/mol. The summed E-state index contributed by atoms with van der Waals surface area (Å²) in [6.07, 6.45) is 8.66. The Bertz CT molecular complexity index is 683. The average Bonchev–Trinajstić information content (AvgIpc) is 3.14. The first-order chi connectivity index (χ1) is 11.5. The second-order valence-electron chi connectivity index (χ2n) is 6.80. The van der Waals surface area contributed by atoms with Gasteiger partial charge in [-0.3, -0.25) is 4.79 Å². The molecule has 1 aromatic rings. The maximum Gasteiger partial charge on any atom is 0.261 e. The molecule has 2 heterocycles. The van der Waals surface area contributed by atoms with E-state index in [0.29, 0.717) is 27.7 Å². The zero-order chi connectivity index (χ0) is 17.2. The third-order valence-corrected chi connectivity index (χ3v) is 8.17. The van der Waals surface area contributed by atoms with E-state index in [1.165, 1.54) is 28.5 Å². The van der Waals surface area contributed by atoms with Crippen LogP contribution in [0.2, 0.25) is 0 Å². The molecule has 134 valence electrons. The molecule has 1 aliphatic carbocycles. The summed E-state index contributed by atoms with van der Waals surface area (Å²) < 4.78 is 27.0. The Labute approximate surface area is 148 Å². The van der Waals surface area contributed by atoms with Crippen LogP contribution < -0.4 is 5.32 Å². The van der Waals surface area contributed by atoms with Gasteiger partial charge in [0.1, 0.15) is 0 Å². The third kappa shape index (κ3) is 3.83. The fourth-order valence-corrected chi connectivity index (χ4v) is 6.56. The Hall–Kier alpha value is -0.920. The van der Waals surface area contributed by atoms with E-state index in [1.807, 2.05) is 0 Å². The number of carbonyl (C=O) groups is 1. The highest BCUT2D eigenvalue weighted by molar-refractivity contribution is 7.89. The van der Waals surface area contributed by atoms with Crippen LogP contribution in [0.3, 0.4) is 0 Å². The number of hydrogen-bond acceptors (Lipinski definition) is 4. The van der Waals surface area contributed by atoms with Crippen molar-refractivity contribution < 1.29 is 13.2 Å². The maximum atomic E-state index is 12.7. The Balaban J connectivity index is 1.74. The van der Waals surface area contributed by atoms with E-state index in [9.17, 15) is 13.2 Å². The molecule has 1 saturated carbocycles. The minimum atomic E-state index is -3.46. The van der Waals surface area contributed by atoms with E-state index < -0.39 is 10.0 Å². The van der Waals surface area contributed by atoms with Crippen LogP contribution in [0.4, 0.5) is 0 Å². The second kappa shape index (κ2) is 7.54. The van der Waals surface area contributed by atoms with Crippen LogP contribution in [0, 0.1) is 6.92 Å². The van der Waals surface area contributed by atoms with E-state index in [4.69, 9.17) is 0 Å². The molecule has 0 unspecified atom stereocenters. The van der Waals surface area contributed by atoms with Gasteiger partial charge >= 0.3 is 0 Å². The van der Waals surface area contributed by atoms with Gasteiger partial charge in [-0.2, -0.15) is 4.31 Å². The summed E-state index contributed by atoms with van der Waals surface area (Å²) in [5, 5.41) is 3.10. The van der Waals surface area contributed by atoms with Crippen molar-refractivity contribution in [1.82, 2.24) is 9.62 Å². The number of hydrogen-bond donors (Lipinski definition) is 1. The van der Waals surface area contributed by atoms with E-state index in [2.05, 4.69) is 5.32 Å². The van der Waals surface area contributed by atoms with Gasteiger partial charge in [0, 0.05) is 24.0 Å². The van der Waals surface area contributed by atoms with Gasteiger partial charge in [-0.05, 0) is 38.7 Å². The van der Waals surface area contributed by atoms with Gasteiger partial charge < -0.3 is 5.32 Å². The number of nitrogens with one attached hydrogen (secondary N) is 1. The number of sulfonamides is 1. The molecule has 1 amide bonds. The van der Waals surface area contributed by atoms with Gasteiger partial charge in [-0.1, -0.05) is 25.7 Å². The predicted octanol–water partition coefficient (Wildman–Crippen LogP) is 3.29. The Morgan fingerprint density at radius 2 is 1.75 bits per heavy atom. The SMILES string of the molecule is Cc1sc(C(=O)NC2CCCCCC2)cc1S(=O)(=O)N1CCCC1. The summed E-state index contributed by atoms with van der Waals surface area (Å²) in [7, 11) is -3.46. The summed E-state index contributed by atoms with van der Waals surface area (Å²) in [4.78, 5) is 14.0. The van der Waals surface area contributed by atoms with Crippen LogP contribution in [0.15, 0.2) is 11.0 Å². The highest BCUT2D eigenvalue weighted by atomic mass is 32.2. The molecule has 0 atom stereocenters. The van der Waals surface area contributed by atoms with Crippen molar-refractivity contribution in [1.29, 1.82) is 0 Å². The van der Waals surface area contributed by atoms with Crippen LogP contribution in [0.25, 0.3) is 0 Å². The summed E-state index contributed by atoms with van der Waals surface area (Å²) >= 11 is 1.28. The fourth-order valence-electron chi connectivity index (χ4n) is 3.58. The minimum absolute atomic E-state index is 0.127. The molecule has 0 radical (unpaired) electrons.